The van der Waals surface area contributed by atoms with Crippen molar-refractivity contribution in [2.24, 2.45) is 5.73 Å². The van der Waals surface area contributed by atoms with Crippen LogP contribution in [0.4, 0.5) is 0 Å². The number of nitrogens with zero attached hydrogens (tertiary/aromatic N) is 1. The Morgan fingerprint density at radius 2 is 1.89 bits per heavy atom. The number of carbonyl (C=O) groups excluding carboxylic acids is 1. The molecule has 1 saturated carbocycles. The molecule has 0 bridgehead atoms. The fourth-order valence-electron chi connectivity index (χ4n) is 2.73. The minimum absolute atomic E-state index is 0.0600. The van der Waals surface area contributed by atoms with Gasteiger partial charge in [0.1, 0.15) is 0 Å². The average molecular weight is 270 g/mol. The molecule has 5 nitrogen and oxygen atoms in total. The molecule has 0 atom stereocenters. The Bertz CT molecular complexity index is 323. The second-order valence-corrected chi connectivity index (χ2v) is 5.92. The van der Waals surface area contributed by atoms with Crippen molar-refractivity contribution in [2.45, 2.75) is 70.4 Å². The molecular formula is C14H26N2O3. The average Bonchev–Trinajstić information content (AvgIpc) is 2.69. The molecule has 0 spiro atoms. The Morgan fingerprint density at radius 1 is 1.32 bits per heavy atom. The van der Waals surface area contributed by atoms with Gasteiger partial charge in [-0.3, -0.25) is 9.59 Å². The van der Waals surface area contributed by atoms with Crippen molar-refractivity contribution in [1.82, 2.24) is 4.90 Å². The predicted molar refractivity (Wildman–Crippen MR) is 73.7 cm³/mol. The zero-order valence-corrected chi connectivity index (χ0v) is 12.0. The number of nitrogens with two attached hydrogens (primary N) is 1. The number of aliphatic carboxylic acids is 1. The highest BCUT2D eigenvalue weighted by Crippen LogP contribution is 2.30. The summed E-state index contributed by atoms with van der Waals surface area (Å²) in [5.41, 5.74) is 5.90. The van der Waals surface area contributed by atoms with E-state index in [0.717, 1.165) is 25.7 Å². The van der Waals surface area contributed by atoms with E-state index in [1.54, 1.807) is 4.90 Å². The van der Waals surface area contributed by atoms with Gasteiger partial charge in [0.05, 0.1) is 0 Å². The molecule has 0 heterocycles. The van der Waals surface area contributed by atoms with Gasteiger partial charge in [-0.15, -0.1) is 0 Å². The predicted octanol–water partition coefficient (Wildman–Crippen LogP) is 1.75. The topological polar surface area (TPSA) is 83.6 Å². The monoisotopic (exact) mass is 270 g/mol. The fraction of sp³-hybridized carbons (Fsp3) is 0.857. The molecule has 1 aliphatic rings. The van der Waals surface area contributed by atoms with Crippen LogP contribution in [0.15, 0.2) is 0 Å². The van der Waals surface area contributed by atoms with Crippen LogP contribution in [0.2, 0.25) is 0 Å². The molecular weight excluding hydrogens is 244 g/mol. The first-order valence-electron chi connectivity index (χ1n) is 7.14. The van der Waals surface area contributed by atoms with Gasteiger partial charge in [-0.1, -0.05) is 12.8 Å². The highest BCUT2D eigenvalue weighted by molar-refractivity contribution is 5.78. The Kier molecular flexibility index (Phi) is 5.79. The Morgan fingerprint density at radius 3 is 2.37 bits per heavy atom. The molecule has 0 saturated heterocycles. The van der Waals surface area contributed by atoms with Gasteiger partial charge in [-0.05, 0) is 33.1 Å². The largest absolute Gasteiger partial charge is 0.481 e. The lowest BCUT2D eigenvalue weighted by Crippen LogP contribution is -2.46. The Hall–Kier alpha value is -1.10. The molecule has 19 heavy (non-hydrogen) atoms. The summed E-state index contributed by atoms with van der Waals surface area (Å²) in [7, 11) is 0. The highest BCUT2D eigenvalue weighted by atomic mass is 16.4. The molecule has 1 aliphatic carbocycles. The number of carboxylic acids is 1. The third-order valence-corrected chi connectivity index (χ3v) is 3.84. The maximum Gasteiger partial charge on any atom is 0.303 e. The highest BCUT2D eigenvalue weighted by Gasteiger charge is 2.33. The molecule has 0 aromatic rings. The fourth-order valence-corrected chi connectivity index (χ4v) is 2.73. The third-order valence-electron chi connectivity index (χ3n) is 3.84. The third kappa shape index (κ3) is 5.19. The number of hydrogen-bond acceptors (Lipinski definition) is 3. The van der Waals surface area contributed by atoms with Gasteiger partial charge in [0.2, 0.25) is 5.91 Å². The van der Waals surface area contributed by atoms with Crippen LogP contribution in [0, 0.1) is 0 Å². The van der Waals surface area contributed by atoms with E-state index in [1.165, 1.54) is 0 Å². The summed E-state index contributed by atoms with van der Waals surface area (Å²) in [4.78, 5) is 24.6. The first kappa shape index (κ1) is 16.0. The van der Waals surface area contributed by atoms with Crippen molar-refractivity contribution >= 4 is 11.9 Å². The van der Waals surface area contributed by atoms with Crippen LogP contribution in [-0.4, -0.2) is 40.0 Å². The van der Waals surface area contributed by atoms with Crippen molar-refractivity contribution in [3.8, 4) is 0 Å². The maximum absolute atomic E-state index is 12.3. The van der Waals surface area contributed by atoms with Crippen molar-refractivity contribution in [2.75, 3.05) is 6.54 Å². The Balaban J connectivity index is 2.50. The van der Waals surface area contributed by atoms with Gasteiger partial charge >= 0.3 is 5.97 Å². The van der Waals surface area contributed by atoms with Crippen LogP contribution in [0.3, 0.4) is 0 Å². The summed E-state index contributed by atoms with van der Waals surface area (Å²) in [6.45, 7) is 4.41. The second kappa shape index (κ2) is 6.89. The number of hydrogen-bond donors (Lipinski definition) is 2. The molecule has 1 rings (SSSR count). The van der Waals surface area contributed by atoms with Crippen LogP contribution in [0.25, 0.3) is 0 Å². The van der Waals surface area contributed by atoms with E-state index in [1.807, 2.05) is 13.8 Å². The maximum atomic E-state index is 12.3. The molecule has 1 fully saturated rings. The molecule has 0 aromatic heterocycles. The second-order valence-electron chi connectivity index (χ2n) is 5.92. The van der Waals surface area contributed by atoms with Crippen LogP contribution in [0.1, 0.15) is 58.8 Å². The lowest BCUT2D eigenvalue weighted by molar-refractivity contribution is -0.139. The van der Waals surface area contributed by atoms with E-state index in [0.29, 0.717) is 19.4 Å². The zero-order valence-electron chi connectivity index (χ0n) is 12.0. The number of carboxylic acid groups (broad SMARTS) is 1. The van der Waals surface area contributed by atoms with Gasteiger partial charge in [0, 0.05) is 31.0 Å². The van der Waals surface area contributed by atoms with Gasteiger partial charge in [0.25, 0.3) is 0 Å². The lowest BCUT2D eigenvalue weighted by atomic mass is 9.93. The van der Waals surface area contributed by atoms with Crippen molar-refractivity contribution < 1.29 is 14.7 Å². The first-order valence-corrected chi connectivity index (χ1v) is 7.14. The quantitative estimate of drug-likeness (QED) is 0.738. The molecule has 0 aromatic carbocycles. The van der Waals surface area contributed by atoms with Gasteiger partial charge < -0.3 is 15.7 Å². The summed E-state index contributed by atoms with van der Waals surface area (Å²) >= 11 is 0. The van der Waals surface area contributed by atoms with Crippen LogP contribution in [0.5, 0.6) is 0 Å². The SMILES string of the molecule is CC(C)N(CCCC(=O)O)C(=O)CC1(N)CCCC1. The summed E-state index contributed by atoms with van der Waals surface area (Å²) in [6, 6.07) is 0.0892. The molecule has 1 amide bonds. The van der Waals surface area contributed by atoms with E-state index in [9.17, 15) is 9.59 Å². The number of rotatable bonds is 7. The zero-order chi connectivity index (χ0) is 14.5. The van der Waals surface area contributed by atoms with Crippen molar-refractivity contribution in [3.63, 3.8) is 0 Å². The van der Waals surface area contributed by atoms with Gasteiger partial charge in [-0.2, -0.15) is 0 Å². The molecule has 110 valence electrons. The first-order chi connectivity index (χ1) is 8.84. The summed E-state index contributed by atoms with van der Waals surface area (Å²) in [5.74, 6) is -0.757. The van der Waals surface area contributed by atoms with Gasteiger partial charge in [-0.25, -0.2) is 0 Å². The summed E-state index contributed by atoms with van der Waals surface area (Å²) < 4.78 is 0. The van der Waals surface area contributed by atoms with E-state index in [2.05, 4.69) is 0 Å². The van der Waals surface area contributed by atoms with E-state index < -0.39 is 5.97 Å². The van der Waals surface area contributed by atoms with E-state index >= 15 is 0 Å². The summed E-state index contributed by atoms with van der Waals surface area (Å²) in [5, 5.41) is 8.65. The summed E-state index contributed by atoms with van der Waals surface area (Å²) in [6.07, 6.45) is 5.02. The minimum Gasteiger partial charge on any atom is -0.481 e. The standard InChI is InChI=1S/C14H26N2O3/c1-11(2)16(9-5-6-13(18)19)12(17)10-14(15)7-3-4-8-14/h11H,3-10,15H2,1-2H3,(H,18,19). The number of carbonyl (C=O) groups is 2. The van der Waals surface area contributed by atoms with E-state index in [-0.39, 0.29) is 23.9 Å². The van der Waals surface area contributed by atoms with Crippen LogP contribution < -0.4 is 5.73 Å². The van der Waals surface area contributed by atoms with Gasteiger partial charge in [0.15, 0.2) is 0 Å². The minimum atomic E-state index is -0.817. The van der Waals surface area contributed by atoms with Crippen LogP contribution >= 0.6 is 0 Å². The molecule has 0 radical (unpaired) electrons. The lowest BCUT2D eigenvalue weighted by Gasteiger charge is -2.31. The molecule has 5 heteroatoms. The van der Waals surface area contributed by atoms with Crippen molar-refractivity contribution in [1.29, 1.82) is 0 Å². The van der Waals surface area contributed by atoms with Crippen LogP contribution in [-0.2, 0) is 9.59 Å². The Labute approximate surface area is 115 Å². The molecule has 3 N–H and O–H groups in total. The van der Waals surface area contributed by atoms with Crippen molar-refractivity contribution in [3.05, 3.63) is 0 Å². The van der Waals surface area contributed by atoms with E-state index in [4.69, 9.17) is 10.8 Å². The number of amides is 1. The smallest absolute Gasteiger partial charge is 0.303 e. The normalized spacial score (nSPS) is 17.7. The molecule has 0 aliphatic heterocycles. The molecule has 0 unspecified atom stereocenters.